The van der Waals surface area contributed by atoms with Crippen LogP contribution in [-0.4, -0.2) is 42.1 Å². The molecule has 1 aliphatic heterocycles. The van der Waals surface area contributed by atoms with Gasteiger partial charge in [0, 0.05) is 24.3 Å². The molecule has 0 amide bonds. The first-order valence-corrected chi connectivity index (χ1v) is 9.68. The molecule has 0 unspecified atom stereocenters. The van der Waals surface area contributed by atoms with Crippen LogP contribution in [0.25, 0.3) is 33.7 Å². The third-order valence-corrected chi connectivity index (χ3v) is 5.25. The lowest BCUT2D eigenvalue weighted by Gasteiger charge is -2.13. The molecule has 1 atom stereocenters. The maximum atomic E-state index is 11.4. The Bertz CT molecular complexity index is 1310. The predicted molar refractivity (Wildman–Crippen MR) is 111 cm³/mol. The van der Waals surface area contributed by atoms with Gasteiger partial charge >= 0.3 is 0 Å². The van der Waals surface area contributed by atoms with Gasteiger partial charge in [-0.05, 0) is 25.0 Å². The number of para-hydroxylation sites is 2. The van der Waals surface area contributed by atoms with E-state index in [1.165, 1.54) is 12.1 Å². The van der Waals surface area contributed by atoms with Crippen LogP contribution in [0.3, 0.4) is 0 Å². The topological polar surface area (TPSA) is 139 Å². The first-order chi connectivity index (χ1) is 15.0. The van der Waals surface area contributed by atoms with Crippen LogP contribution in [0.2, 0.25) is 0 Å². The second kappa shape index (κ2) is 7.36. The Balaban J connectivity index is 1.76. The van der Waals surface area contributed by atoms with Gasteiger partial charge in [0.25, 0.3) is 11.4 Å². The average molecular weight is 420 g/mol. The van der Waals surface area contributed by atoms with Gasteiger partial charge in [0.15, 0.2) is 11.3 Å². The van der Waals surface area contributed by atoms with Crippen molar-refractivity contribution >= 4 is 33.7 Å². The third-order valence-electron chi connectivity index (χ3n) is 5.25. The van der Waals surface area contributed by atoms with Crippen molar-refractivity contribution in [3.8, 4) is 11.4 Å². The molecule has 0 bridgehead atoms. The molecule has 5 rings (SSSR count). The highest BCUT2D eigenvalue weighted by Gasteiger charge is 2.25. The van der Waals surface area contributed by atoms with Gasteiger partial charge in [0.2, 0.25) is 0 Å². The molecule has 1 aliphatic rings. The van der Waals surface area contributed by atoms with Gasteiger partial charge in [0.1, 0.15) is 5.82 Å². The molecular weight excluding hydrogens is 404 g/mol. The molecule has 2 aromatic heterocycles. The van der Waals surface area contributed by atoms with E-state index in [9.17, 15) is 20.2 Å². The number of benzene rings is 2. The highest BCUT2D eigenvalue weighted by molar-refractivity contribution is 5.85. The van der Waals surface area contributed by atoms with E-state index in [1.807, 2.05) is 24.3 Å². The van der Waals surface area contributed by atoms with Crippen LogP contribution in [0.15, 0.2) is 42.5 Å². The normalized spacial score (nSPS) is 16.2. The van der Waals surface area contributed by atoms with Crippen LogP contribution >= 0.6 is 0 Å². The number of imidazole rings is 1. The smallest absolute Gasteiger partial charge is 0.277 e. The summed E-state index contributed by atoms with van der Waals surface area (Å²) in [4.78, 5) is 35.2. The van der Waals surface area contributed by atoms with Crippen LogP contribution < -0.4 is 0 Å². The minimum atomic E-state index is -0.658. The zero-order valence-electron chi connectivity index (χ0n) is 16.2. The van der Waals surface area contributed by atoms with Crippen molar-refractivity contribution in [3.63, 3.8) is 0 Å². The van der Waals surface area contributed by atoms with Crippen molar-refractivity contribution in [2.75, 3.05) is 6.61 Å². The number of hydrogen-bond acceptors (Lipinski definition) is 8. The highest BCUT2D eigenvalue weighted by Crippen LogP contribution is 2.32. The Labute approximate surface area is 174 Å². The Hall–Kier alpha value is -3.99. The maximum absolute atomic E-state index is 11.4. The Kier molecular flexibility index (Phi) is 4.51. The SMILES string of the molecule is O=[N+]([O-])c1cc(-c2nc3nc4ccccc4nc3n2C[C@@H]2CCCO2)cc([N+](=O)[O-])c1. The van der Waals surface area contributed by atoms with Crippen molar-refractivity contribution in [1.82, 2.24) is 19.5 Å². The zero-order chi connectivity index (χ0) is 21.5. The lowest BCUT2D eigenvalue weighted by Crippen LogP contribution is -2.16. The molecule has 0 radical (unpaired) electrons. The van der Waals surface area contributed by atoms with Crippen LogP contribution in [-0.2, 0) is 11.3 Å². The summed E-state index contributed by atoms with van der Waals surface area (Å²) in [5, 5.41) is 22.7. The minimum Gasteiger partial charge on any atom is -0.376 e. The van der Waals surface area contributed by atoms with Crippen LogP contribution in [0.4, 0.5) is 11.4 Å². The molecule has 1 saturated heterocycles. The summed E-state index contributed by atoms with van der Waals surface area (Å²) in [6, 6.07) is 10.8. The first-order valence-electron chi connectivity index (χ1n) is 9.68. The second-order valence-corrected chi connectivity index (χ2v) is 7.29. The van der Waals surface area contributed by atoms with Crippen molar-refractivity contribution in [3.05, 3.63) is 62.7 Å². The summed E-state index contributed by atoms with van der Waals surface area (Å²) in [6.45, 7) is 1.07. The van der Waals surface area contributed by atoms with E-state index in [-0.39, 0.29) is 23.0 Å². The Morgan fingerprint density at radius 2 is 1.68 bits per heavy atom. The largest absolute Gasteiger partial charge is 0.376 e. The molecule has 1 fully saturated rings. The predicted octanol–water partition coefficient (Wildman–Crippen LogP) is 3.64. The molecule has 11 heteroatoms. The number of aromatic nitrogens is 4. The van der Waals surface area contributed by atoms with Gasteiger partial charge in [-0.2, -0.15) is 0 Å². The van der Waals surface area contributed by atoms with Crippen LogP contribution in [0.1, 0.15) is 12.8 Å². The molecule has 0 N–H and O–H groups in total. The lowest BCUT2D eigenvalue weighted by molar-refractivity contribution is -0.394. The molecule has 4 aromatic rings. The molecular formula is C20H16N6O5. The number of hydrogen-bond donors (Lipinski definition) is 0. The molecule has 156 valence electrons. The van der Waals surface area contributed by atoms with E-state index >= 15 is 0 Å². The number of nitrogens with zero attached hydrogens (tertiary/aromatic N) is 6. The van der Waals surface area contributed by atoms with Gasteiger partial charge in [-0.1, -0.05) is 12.1 Å². The van der Waals surface area contributed by atoms with E-state index in [4.69, 9.17) is 9.72 Å². The maximum Gasteiger partial charge on any atom is 0.277 e. The fourth-order valence-corrected chi connectivity index (χ4v) is 3.82. The molecule has 0 aliphatic carbocycles. The summed E-state index contributed by atoms with van der Waals surface area (Å²) in [5.74, 6) is 0.326. The van der Waals surface area contributed by atoms with Gasteiger partial charge in [0.05, 0.1) is 39.6 Å². The Morgan fingerprint density at radius 1 is 1.00 bits per heavy atom. The van der Waals surface area contributed by atoms with Crippen molar-refractivity contribution < 1.29 is 14.6 Å². The number of nitro groups is 2. The number of non-ortho nitro benzene ring substituents is 2. The van der Waals surface area contributed by atoms with E-state index in [1.54, 1.807) is 4.57 Å². The summed E-state index contributed by atoms with van der Waals surface area (Å²) in [7, 11) is 0. The van der Waals surface area contributed by atoms with E-state index in [0.717, 1.165) is 18.9 Å². The number of rotatable bonds is 5. The van der Waals surface area contributed by atoms with E-state index < -0.39 is 9.85 Å². The monoisotopic (exact) mass is 420 g/mol. The minimum absolute atomic E-state index is 0.0712. The standard InChI is InChI=1S/C20H16N6O5/c27-25(28)13-8-12(9-14(10-13)26(29)30)19-23-18-20(24(19)11-15-4-3-7-31-15)22-17-6-2-1-5-16(17)21-18/h1-2,5-6,8-10,15H,3-4,7,11H2/t15-/m0/s1. The number of fused-ring (bicyclic) bond motifs is 2. The number of nitro benzene ring substituents is 2. The molecule has 11 nitrogen and oxygen atoms in total. The second-order valence-electron chi connectivity index (χ2n) is 7.29. The van der Waals surface area contributed by atoms with Gasteiger partial charge in [-0.15, -0.1) is 0 Å². The van der Waals surface area contributed by atoms with Gasteiger partial charge < -0.3 is 9.30 Å². The molecule has 3 heterocycles. The summed E-state index contributed by atoms with van der Waals surface area (Å²) < 4.78 is 7.55. The zero-order valence-corrected chi connectivity index (χ0v) is 16.2. The molecule has 2 aromatic carbocycles. The molecule has 31 heavy (non-hydrogen) atoms. The fourth-order valence-electron chi connectivity index (χ4n) is 3.82. The van der Waals surface area contributed by atoms with Gasteiger partial charge in [-0.3, -0.25) is 20.2 Å². The quantitative estimate of drug-likeness (QED) is 0.352. The van der Waals surface area contributed by atoms with Crippen molar-refractivity contribution in [2.24, 2.45) is 0 Å². The summed E-state index contributed by atoms with van der Waals surface area (Å²) >= 11 is 0. The molecule has 0 spiro atoms. The Morgan fingerprint density at radius 3 is 2.29 bits per heavy atom. The fraction of sp³-hybridized carbons (Fsp3) is 0.250. The van der Waals surface area contributed by atoms with Crippen LogP contribution in [0.5, 0.6) is 0 Å². The van der Waals surface area contributed by atoms with E-state index in [0.29, 0.717) is 41.3 Å². The number of ether oxygens (including phenoxy) is 1. The average Bonchev–Trinajstić information content (AvgIpc) is 3.40. The lowest BCUT2D eigenvalue weighted by atomic mass is 10.1. The first kappa shape index (κ1) is 19.0. The third kappa shape index (κ3) is 3.44. The highest BCUT2D eigenvalue weighted by atomic mass is 16.6. The van der Waals surface area contributed by atoms with Crippen LogP contribution in [0, 0.1) is 20.2 Å². The summed E-state index contributed by atoms with van der Waals surface area (Å²) in [6.07, 6.45) is 1.72. The van der Waals surface area contributed by atoms with Gasteiger partial charge in [-0.25, -0.2) is 15.0 Å². The van der Waals surface area contributed by atoms with Crippen molar-refractivity contribution in [2.45, 2.75) is 25.5 Å². The van der Waals surface area contributed by atoms with E-state index in [2.05, 4.69) is 9.97 Å². The summed E-state index contributed by atoms with van der Waals surface area (Å²) in [5.41, 5.74) is 1.69. The van der Waals surface area contributed by atoms with Crippen molar-refractivity contribution in [1.29, 1.82) is 0 Å². The molecule has 0 saturated carbocycles.